The summed E-state index contributed by atoms with van der Waals surface area (Å²) in [6.07, 6.45) is 1.50. The Labute approximate surface area is 127 Å². The third-order valence-electron chi connectivity index (χ3n) is 3.38. The van der Waals surface area contributed by atoms with Gasteiger partial charge in [-0.15, -0.1) is 0 Å². The zero-order valence-corrected chi connectivity index (χ0v) is 12.6. The van der Waals surface area contributed by atoms with Gasteiger partial charge in [0.1, 0.15) is 11.5 Å². The minimum Gasteiger partial charge on any atom is -0.455 e. The molecule has 2 rings (SSSR count). The van der Waals surface area contributed by atoms with Gasteiger partial charge in [-0.25, -0.2) is 0 Å². The van der Waals surface area contributed by atoms with Crippen LogP contribution in [0.25, 0.3) is 11.3 Å². The maximum Gasteiger partial charge on any atom is 0.272 e. The highest BCUT2D eigenvalue weighted by atomic mass is 16.6. The Morgan fingerprint density at radius 2 is 2.00 bits per heavy atom. The van der Waals surface area contributed by atoms with Gasteiger partial charge in [0, 0.05) is 17.2 Å². The van der Waals surface area contributed by atoms with E-state index in [0.717, 1.165) is 11.1 Å². The molecule has 0 aliphatic carbocycles. The van der Waals surface area contributed by atoms with Gasteiger partial charge >= 0.3 is 0 Å². The molecule has 0 saturated carbocycles. The fraction of sp³-hybridized carbons (Fsp3) is 0.250. The molecule has 0 aliphatic rings. The number of Topliss-reactive ketones (excluding diaryl/α,β-unsaturated/α-hetero) is 1. The van der Waals surface area contributed by atoms with E-state index in [2.05, 4.69) is 4.99 Å². The SMILES string of the molecule is CC(=O)CN=Cc1ccc(-c2ccc([N+](=O)[O-])c(C)c2C)o1. The maximum absolute atomic E-state index is 10.9. The van der Waals surface area contributed by atoms with Crippen LogP contribution in [-0.4, -0.2) is 23.5 Å². The van der Waals surface area contributed by atoms with Crippen molar-refractivity contribution in [3.63, 3.8) is 0 Å². The van der Waals surface area contributed by atoms with E-state index in [9.17, 15) is 14.9 Å². The van der Waals surface area contributed by atoms with Crippen molar-refractivity contribution in [1.82, 2.24) is 0 Å². The summed E-state index contributed by atoms with van der Waals surface area (Å²) in [6.45, 7) is 5.12. The zero-order chi connectivity index (χ0) is 16.3. The van der Waals surface area contributed by atoms with Crippen LogP contribution in [0.3, 0.4) is 0 Å². The van der Waals surface area contributed by atoms with Crippen LogP contribution in [0.15, 0.2) is 33.7 Å². The Morgan fingerprint density at radius 3 is 2.64 bits per heavy atom. The normalized spacial score (nSPS) is 11.0. The van der Waals surface area contributed by atoms with E-state index in [1.165, 1.54) is 19.2 Å². The zero-order valence-electron chi connectivity index (χ0n) is 12.6. The molecule has 114 valence electrons. The number of benzene rings is 1. The van der Waals surface area contributed by atoms with Crippen LogP contribution >= 0.6 is 0 Å². The van der Waals surface area contributed by atoms with Gasteiger partial charge < -0.3 is 4.42 Å². The first kappa shape index (κ1) is 15.6. The van der Waals surface area contributed by atoms with Crippen molar-refractivity contribution in [3.8, 4) is 11.3 Å². The molecule has 0 aliphatic heterocycles. The van der Waals surface area contributed by atoms with Crippen LogP contribution < -0.4 is 0 Å². The smallest absolute Gasteiger partial charge is 0.272 e. The van der Waals surface area contributed by atoms with Crippen molar-refractivity contribution in [2.24, 2.45) is 4.99 Å². The average Bonchev–Trinajstić information content (AvgIpc) is 2.89. The third-order valence-corrected chi connectivity index (χ3v) is 3.38. The molecule has 0 unspecified atom stereocenters. The minimum absolute atomic E-state index is 0.0233. The average molecular weight is 300 g/mol. The highest BCUT2D eigenvalue weighted by Gasteiger charge is 2.16. The lowest BCUT2D eigenvalue weighted by molar-refractivity contribution is -0.385. The molecule has 1 aromatic carbocycles. The fourth-order valence-corrected chi connectivity index (χ4v) is 2.10. The molecule has 0 N–H and O–H groups in total. The number of ketones is 1. The lowest BCUT2D eigenvalue weighted by Gasteiger charge is -2.06. The molecular weight excluding hydrogens is 284 g/mol. The van der Waals surface area contributed by atoms with Gasteiger partial charge in [0.25, 0.3) is 5.69 Å². The Morgan fingerprint density at radius 1 is 1.27 bits per heavy atom. The summed E-state index contributed by atoms with van der Waals surface area (Å²) < 4.78 is 5.66. The van der Waals surface area contributed by atoms with Crippen LogP contribution in [0.4, 0.5) is 5.69 Å². The lowest BCUT2D eigenvalue weighted by atomic mass is 10.00. The van der Waals surface area contributed by atoms with Gasteiger partial charge in [-0.2, -0.15) is 0 Å². The van der Waals surface area contributed by atoms with E-state index in [1.807, 2.05) is 6.92 Å². The molecule has 0 amide bonds. The summed E-state index contributed by atoms with van der Waals surface area (Å²) in [4.78, 5) is 25.3. The summed E-state index contributed by atoms with van der Waals surface area (Å²) in [5.74, 6) is 1.12. The number of rotatable bonds is 5. The van der Waals surface area contributed by atoms with Crippen molar-refractivity contribution in [3.05, 3.63) is 51.3 Å². The molecule has 6 nitrogen and oxygen atoms in total. The van der Waals surface area contributed by atoms with Gasteiger partial charge in [0.15, 0.2) is 5.78 Å². The van der Waals surface area contributed by atoms with Gasteiger partial charge in [-0.05, 0) is 44.5 Å². The quantitative estimate of drug-likeness (QED) is 0.480. The first-order valence-corrected chi connectivity index (χ1v) is 6.74. The van der Waals surface area contributed by atoms with E-state index in [4.69, 9.17) is 4.42 Å². The van der Waals surface area contributed by atoms with E-state index < -0.39 is 4.92 Å². The molecule has 0 atom stereocenters. The number of carbonyl (C=O) groups excluding carboxylic acids is 1. The lowest BCUT2D eigenvalue weighted by Crippen LogP contribution is -1.95. The van der Waals surface area contributed by atoms with Crippen LogP contribution in [0.2, 0.25) is 0 Å². The largest absolute Gasteiger partial charge is 0.455 e. The third kappa shape index (κ3) is 3.28. The van der Waals surface area contributed by atoms with Crippen molar-refractivity contribution < 1.29 is 14.1 Å². The molecule has 1 heterocycles. The highest BCUT2D eigenvalue weighted by molar-refractivity contribution is 5.83. The number of nitrogens with zero attached hydrogens (tertiary/aromatic N) is 2. The van der Waals surface area contributed by atoms with Gasteiger partial charge in [-0.1, -0.05) is 0 Å². The molecule has 2 aromatic rings. The Kier molecular flexibility index (Phi) is 4.50. The Balaban J connectivity index is 2.32. The minimum atomic E-state index is -0.395. The number of furan rings is 1. The van der Waals surface area contributed by atoms with E-state index >= 15 is 0 Å². The molecule has 0 spiro atoms. The molecule has 0 fully saturated rings. The monoisotopic (exact) mass is 300 g/mol. The van der Waals surface area contributed by atoms with Gasteiger partial charge in [0.2, 0.25) is 0 Å². The second-order valence-corrected chi connectivity index (χ2v) is 5.01. The van der Waals surface area contributed by atoms with Crippen LogP contribution in [0, 0.1) is 24.0 Å². The van der Waals surface area contributed by atoms with Gasteiger partial charge in [-0.3, -0.25) is 19.9 Å². The summed E-state index contributed by atoms with van der Waals surface area (Å²) in [6, 6.07) is 6.68. The fourth-order valence-electron chi connectivity index (χ4n) is 2.10. The predicted octanol–water partition coefficient (Wildman–Crippen LogP) is 3.48. The number of nitro benzene ring substituents is 1. The van der Waals surface area contributed by atoms with Crippen LogP contribution in [0.1, 0.15) is 23.8 Å². The number of nitro groups is 1. The van der Waals surface area contributed by atoms with Crippen LogP contribution in [0.5, 0.6) is 0 Å². The predicted molar refractivity (Wildman–Crippen MR) is 83.4 cm³/mol. The summed E-state index contributed by atoms with van der Waals surface area (Å²) in [5, 5.41) is 10.9. The number of carbonyl (C=O) groups is 1. The first-order chi connectivity index (χ1) is 10.4. The van der Waals surface area contributed by atoms with Crippen molar-refractivity contribution in [1.29, 1.82) is 0 Å². The molecule has 0 radical (unpaired) electrons. The maximum atomic E-state index is 10.9. The standard InChI is InChI=1S/C16H16N2O4/c1-10(19)8-17-9-13-4-7-16(22-13)14-5-6-15(18(20)21)12(3)11(14)2/h4-7,9H,8H2,1-3H3. The van der Waals surface area contributed by atoms with E-state index in [1.54, 1.807) is 25.1 Å². The van der Waals surface area contributed by atoms with E-state index in [-0.39, 0.29) is 18.0 Å². The Hall–Kier alpha value is -2.76. The number of hydrogen-bond donors (Lipinski definition) is 0. The summed E-state index contributed by atoms with van der Waals surface area (Å²) in [5.41, 5.74) is 2.31. The first-order valence-electron chi connectivity index (χ1n) is 6.74. The highest BCUT2D eigenvalue weighted by Crippen LogP contribution is 2.31. The van der Waals surface area contributed by atoms with E-state index in [0.29, 0.717) is 17.1 Å². The molecule has 0 saturated heterocycles. The second kappa shape index (κ2) is 6.34. The summed E-state index contributed by atoms with van der Waals surface area (Å²) in [7, 11) is 0. The van der Waals surface area contributed by atoms with Gasteiger partial charge in [0.05, 0.1) is 17.7 Å². The molecule has 22 heavy (non-hydrogen) atoms. The number of aliphatic imine (C=N–C) groups is 1. The molecule has 6 heteroatoms. The van der Waals surface area contributed by atoms with Crippen molar-refractivity contribution in [2.75, 3.05) is 6.54 Å². The Bertz CT molecular complexity index is 760. The molecule has 1 aromatic heterocycles. The molecular formula is C16H16N2O4. The van der Waals surface area contributed by atoms with Crippen molar-refractivity contribution in [2.45, 2.75) is 20.8 Å². The molecule has 0 bridgehead atoms. The summed E-state index contributed by atoms with van der Waals surface area (Å²) >= 11 is 0. The second-order valence-electron chi connectivity index (χ2n) is 5.01. The number of hydrogen-bond acceptors (Lipinski definition) is 5. The van der Waals surface area contributed by atoms with Crippen LogP contribution in [-0.2, 0) is 4.79 Å². The van der Waals surface area contributed by atoms with Crippen molar-refractivity contribution >= 4 is 17.7 Å². The topological polar surface area (TPSA) is 85.7 Å².